The Morgan fingerprint density at radius 1 is 0.944 bits per heavy atom. The van der Waals surface area contributed by atoms with E-state index < -0.39 is 0 Å². The predicted molar refractivity (Wildman–Crippen MR) is 140 cm³/mol. The van der Waals surface area contributed by atoms with Gasteiger partial charge in [0.1, 0.15) is 23.5 Å². The van der Waals surface area contributed by atoms with Crippen molar-refractivity contribution in [2.75, 3.05) is 29.4 Å². The fourth-order valence-corrected chi connectivity index (χ4v) is 5.09. The van der Waals surface area contributed by atoms with E-state index >= 15 is 0 Å². The number of amides is 1. The summed E-state index contributed by atoms with van der Waals surface area (Å²) in [6, 6.07) is 12.2. The molecule has 2 aliphatic heterocycles. The lowest BCUT2D eigenvalue weighted by molar-refractivity contribution is -0.117. The van der Waals surface area contributed by atoms with Crippen LogP contribution >= 0.6 is 0 Å². The summed E-state index contributed by atoms with van der Waals surface area (Å²) < 4.78 is 8.31. The van der Waals surface area contributed by atoms with E-state index in [-0.39, 0.29) is 12.0 Å². The van der Waals surface area contributed by atoms with Crippen molar-refractivity contribution in [2.45, 2.75) is 45.1 Å². The molecule has 8 nitrogen and oxygen atoms in total. The number of ether oxygens (including phenoxy) is 1. The van der Waals surface area contributed by atoms with Crippen LogP contribution in [0.15, 0.2) is 61.2 Å². The molecule has 0 bridgehead atoms. The van der Waals surface area contributed by atoms with Crippen LogP contribution in [0.3, 0.4) is 0 Å². The first-order valence-corrected chi connectivity index (χ1v) is 12.8. The average molecular weight is 483 g/mol. The van der Waals surface area contributed by atoms with Crippen molar-refractivity contribution in [3.05, 3.63) is 66.9 Å². The molecular weight excluding hydrogens is 452 g/mol. The minimum absolute atomic E-state index is 0.163. The Kier molecular flexibility index (Phi) is 6.01. The van der Waals surface area contributed by atoms with Gasteiger partial charge in [-0.15, -0.1) is 0 Å². The molecule has 0 spiro atoms. The van der Waals surface area contributed by atoms with Gasteiger partial charge in [-0.2, -0.15) is 0 Å². The number of carbonyl (C=O) groups is 1. The van der Waals surface area contributed by atoms with Crippen LogP contribution in [0, 0.1) is 0 Å². The van der Waals surface area contributed by atoms with E-state index in [0.717, 1.165) is 85.0 Å². The number of aromatic nitrogens is 4. The van der Waals surface area contributed by atoms with Gasteiger partial charge in [-0.05, 0) is 49.2 Å². The molecule has 3 aromatic heterocycles. The fourth-order valence-electron chi connectivity index (χ4n) is 5.09. The number of rotatable bonds is 6. The summed E-state index contributed by atoms with van der Waals surface area (Å²) in [4.78, 5) is 30.0. The molecule has 0 aliphatic carbocycles. The maximum Gasteiger partial charge on any atom is 0.227 e. The van der Waals surface area contributed by atoms with Crippen LogP contribution in [-0.2, 0) is 11.2 Å². The summed E-state index contributed by atoms with van der Waals surface area (Å²) in [6.45, 7) is 4.68. The highest BCUT2D eigenvalue weighted by atomic mass is 16.5. The maximum absolute atomic E-state index is 12.1. The van der Waals surface area contributed by atoms with Crippen molar-refractivity contribution >= 4 is 28.3 Å². The highest BCUT2D eigenvalue weighted by Gasteiger charge is 2.23. The molecule has 5 heterocycles. The molecule has 2 fully saturated rings. The molecule has 8 heteroatoms. The Balaban J connectivity index is 1.09. The number of pyridine rings is 1. The molecule has 4 aromatic rings. The highest BCUT2D eigenvalue weighted by Crippen LogP contribution is 2.28. The van der Waals surface area contributed by atoms with Crippen LogP contribution in [-0.4, -0.2) is 51.2 Å². The summed E-state index contributed by atoms with van der Waals surface area (Å²) in [5, 5.41) is 1.09. The second kappa shape index (κ2) is 9.60. The molecule has 36 heavy (non-hydrogen) atoms. The number of anilines is 2. The van der Waals surface area contributed by atoms with Crippen LogP contribution < -0.4 is 14.5 Å². The Morgan fingerprint density at radius 3 is 2.50 bits per heavy atom. The third kappa shape index (κ3) is 4.39. The van der Waals surface area contributed by atoms with Crippen molar-refractivity contribution in [2.24, 2.45) is 0 Å². The topological polar surface area (TPSA) is 76.4 Å². The van der Waals surface area contributed by atoms with Crippen LogP contribution in [0.2, 0.25) is 0 Å². The lowest BCUT2D eigenvalue weighted by Crippen LogP contribution is -2.38. The Labute approximate surface area is 210 Å². The van der Waals surface area contributed by atoms with Crippen molar-refractivity contribution in [1.82, 2.24) is 19.5 Å². The normalized spacial score (nSPS) is 16.8. The summed E-state index contributed by atoms with van der Waals surface area (Å²) in [7, 11) is 0. The Hall–Kier alpha value is -3.94. The molecule has 1 amide bonds. The molecule has 0 atom stereocenters. The Morgan fingerprint density at radius 2 is 1.81 bits per heavy atom. The number of aryl methyl sites for hydroxylation is 1. The predicted octanol–water partition coefficient (Wildman–Crippen LogP) is 4.55. The third-order valence-electron chi connectivity index (χ3n) is 7.15. The van der Waals surface area contributed by atoms with Gasteiger partial charge in [-0.3, -0.25) is 9.78 Å². The van der Waals surface area contributed by atoms with Gasteiger partial charge in [0.15, 0.2) is 0 Å². The molecule has 0 N–H and O–H groups in total. The molecule has 2 aliphatic rings. The number of carbonyl (C=O) groups excluding carboxylic acids is 1. The number of hydrogen-bond acceptors (Lipinski definition) is 6. The smallest absolute Gasteiger partial charge is 0.227 e. The zero-order valence-electron chi connectivity index (χ0n) is 20.5. The molecule has 6 rings (SSSR count). The molecule has 1 aromatic carbocycles. The highest BCUT2D eigenvalue weighted by molar-refractivity contribution is 5.97. The average Bonchev–Trinajstić information content (AvgIpc) is 3.55. The number of benzene rings is 1. The minimum atomic E-state index is 0.163. The number of fused-ring (bicyclic) bond motifs is 1. The van der Waals surface area contributed by atoms with E-state index in [2.05, 4.69) is 49.5 Å². The standard InChI is InChI=1S/C28H30N6O2/c1-2-21-17-30-27(19-29-21)32-13-10-23(11-14-32)36-24-6-8-26(31-18-24)34-15-9-20-16-22(5-7-25(20)34)33-12-3-4-28(33)35/h5-9,15-19,23H,2-4,10-14H2,1H3. The second-order valence-electron chi connectivity index (χ2n) is 9.45. The zero-order chi connectivity index (χ0) is 24.5. The molecular formula is C28H30N6O2. The van der Waals surface area contributed by atoms with Gasteiger partial charge in [-0.25, -0.2) is 9.97 Å². The SMILES string of the molecule is CCc1cnc(N2CCC(Oc3ccc(-n4ccc5cc(N6CCCC6=O)ccc54)nc3)CC2)cn1. The van der Waals surface area contributed by atoms with Crippen molar-refractivity contribution in [3.63, 3.8) is 0 Å². The minimum Gasteiger partial charge on any atom is -0.489 e. The fraction of sp³-hybridized carbons (Fsp3) is 0.357. The lowest BCUT2D eigenvalue weighted by Gasteiger charge is -2.32. The maximum atomic E-state index is 12.1. The number of nitrogens with zero attached hydrogens (tertiary/aromatic N) is 6. The van der Waals surface area contributed by atoms with Crippen molar-refractivity contribution in [1.29, 1.82) is 0 Å². The zero-order valence-corrected chi connectivity index (χ0v) is 20.5. The van der Waals surface area contributed by atoms with E-state index in [4.69, 9.17) is 4.74 Å². The van der Waals surface area contributed by atoms with Crippen LogP contribution in [0.4, 0.5) is 11.5 Å². The molecule has 184 valence electrons. The summed E-state index contributed by atoms with van der Waals surface area (Å²) in [5.41, 5.74) is 3.05. The third-order valence-corrected chi connectivity index (χ3v) is 7.15. The van der Waals surface area contributed by atoms with E-state index in [1.54, 1.807) is 6.20 Å². The molecule has 2 saturated heterocycles. The van der Waals surface area contributed by atoms with E-state index in [1.807, 2.05) is 41.7 Å². The quantitative estimate of drug-likeness (QED) is 0.401. The van der Waals surface area contributed by atoms with E-state index in [0.29, 0.717) is 6.42 Å². The van der Waals surface area contributed by atoms with Crippen LogP contribution in [0.1, 0.15) is 38.3 Å². The van der Waals surface area contributed by atoms with Gasteiger partial charge in [0.05, 0.1) is 29.8 Å². The van der Waals surface area contributed by atoms with E-state index in [9.17, 15) is 4.79 Å². The molecule has 0 unspecified atom stereocenters. The van der Waals surface area contributed by atoms with Gasteiger partial charge < -0.3 is 19.1 Å². The first kappa shape index (κ1) is 22.5. The van der Waals surface area contributed by atoms with E-state index in [1.165, 1.54) is 0 Å². The lowest BCUT2D eigenvalue weighted by atomic mass is 10.1. The van der Waals surface area contributed by atoms with Gasteiger partial charge >= 0.3 is 0 Å². The van der Waals surface area contributed by atoms with Crippen molar-refractivity contribution < 1.29 is 9.53 Å². The first-order chi connectivity index (χ1) is 17.7. The molecule has 0 radical (unpaired) electrons. The monoisotopic (exact) mass is 482 g/mol. The van der Waals surface area contributed by atoms with Crippen LogP contribution in [0.5, 0.6) is 5.75 Å². The summed E-state index contributed by atoms with van der Waals surface area (Å²) in [5.74, 6) is 2.77. The van der Waals surface area contributed by atoms with Gasteiger partial charge in [-0.1, -0.05) is 6.92 Å². The summed E-state index contributed by atoms with van der Waals surface area (Å²) in [6.07, 6.45) is 12.1. The largest absolute Gasteiger partial charge is 0.489 e. The first-order valence-electron chi connectivity index (χ1n) is 12.8. The van der Waals surface area contributed by atoms with Gasteiger partial charge in [0.25, 0.3) is 0 Å². The summed E-state index contributed by atoms with van der Waals surface area (Å²) >= 11 is 0. The van der Waals surface area contributed by atoms with Crippen molar-refractivity contribution in [3.8, 4) is 11.6 Å². The molecule has 0 saturated carbocycles. The van der Waals surface area contributed by atoms with Crippen LogP contribution in [0.25, 0.3) is 16.7 Å². The Bertz CT molecular complexity index is 1360. The van der Waals surface area contributed by atoms with Gasteiger partial charge in [0, 0.05) is 56.2 Å². The number of piperidine rings is 1. The second-order valence-corrected chi connectivity index (χ2v) is 9.45. The van der Waals surface area contributed by atoms with Gasteiger partial charge in [0.2, 0.25) is 5.91 Å². The number of hydrogen-bond donors (Lipinski definition) is 0.